The second-order valence-electron chi connectivity index (χ2n) is 5.84. The summed E-state index contributed by atoms with van der Waals surface area (Å²) in [5.41, 5.74) is 2.00. The average Bonchev–Trinajstić information content (AvgIpc) is 3.14. The van der Waals surface area contributed by atoms with E-state index in [0.29, 0.717) is 17.0 Å². The predicted molar refractivity (Wildman–Crippen MR) is 103 cm³/mol. The molecule has 7 heteroatoms. The fourth-order valence-electron chi connectivity index (χ4n) is 2.59. The quantitative estimate of drug-likeness (QED) is 0.665. The summed E-state index contributed by atoms with van der Waals surface area (Å²) >= 11 is 0. The number of carbonyl (C=O) groups excluding carboxylic acids is 1. The van der Waals surface area contributed by atoms with E-state index in [1.54, 1.807) is 55.5 Å². The number of para-hydroxylation sites is 1. The molecule has 0 radical (unpaired) electrons. The molecule has 3 aromatic rings. The highest BCUT2D eigenvalue weighted by Gasteiger charge is 2.14. The van der Waals surface area contributed by atoms with Crippen LogP contribution in [-0.2, 0) is 0 Å². The zero-order valence-corrected chi connectivity index (χ0v) is 14.8. The maximum absolute atomic E-state index is 12.5. The van der Waals surface area contributed by atoms with E-state index < -0.39 is 0 Å². The van der Waals surface area contributed by atoms with E-state index in [1.165, 1.54) is 0 Å². The van der Waals surface area contributed by atoms with Gasteiger partial charge in [0, 0.05) is 16.8 Å². The van der Waals surface area contributed by atoms with Crippen molar-refractivity contribution in [2.45, 2.75) is 6.92 Å². The molecule has 0 atom stereocenters. The molecule has 0 saturated carbocycles. The maximum atomic E-state index is 12.5. The maximum Gasteiger partial charge on any atom is 0.291 e. The second kappa shape index (κ2) is 7.78. The van der Waals surface area contributed by atoms with Gasteiger partial charge in [0.05, 0.1) is 0 Å². The van der Waals surface area contributed by atoms with Gasteiger partial charge in [-0.05, 0) is 42.8 Å². The standard InChI is InChI=1S/C21H13N5O2/c1-13-8-16(25-18(12-24)15(10-22)11-23)6-7-17(13)26-21(27)20-9-14-4-2-3-5-19(14)28-20/h2-9,25H,1H3,(H,26,27). The van der Waals surface area contributed by atoms with E-state index in [0.717, 1.165) is 10.9 Å². The molecule has 2 N–H and O–H groups in total. The van der Waals surface area contributed by atoms with Gasteiger partial charge in [0.1, 0.15) is 29.5 Å². The Kier molecular flexibility index (Phi) is 5.07. The molecule has 0 bridgehead atoms. The van der Waals surface area contributed by atoms with Gasteiger partial charge in [-0.25, -0.2) is 0 Å². The van der Waals surface area contributed by atoms with Crippen molar-refractivity contribution in [3.63, 3.8) is 0 Å². The van der Waals surface area contributed by atoms with Crippen molar-refractivity contribution in [3.05, 3.63) is 71.1 Å². The van der Waals surface area contributed by atoms with Crippen molar-refractivity contribution in [2.24, 2.45) is 0 Å². The lowest BCUT2D eigenvalue weighted by Gasteiger charge is -2.10. The lowest BCUT2D eigenvalue weighted by atomic mass is 10.1. The SMILES string of the molecule is Cc1cc(NC(C#N)=C(C#N)C#N)ccc1NC(=O)c1cc2ccccc2o1. The lowest BCUT2D eigenvalue weighted by Crippen LogP contribution is -2.12. The lowest BCUT2D eigenvalue weighted by molar-refractivity contribution is 0.0998. The fourth-order valence-corrected chi connectivity index (χ4v) is 2.59. The number of hydrogen-bond donors (Lipinski definition) is 2. The molecule has 0 aliphatic carbocycles. The van der Waals surface area contributed by atoms with Crippen LogP contribution in [-0.4, -0.2) is 5.91 Å². The largest absolute Gasteiger partial charge is 0.451 e. The average molecular weight is 367 g/mol. The van der Waals surface area contributed by atoms with Gasteiger partial charge in [-0.1, -0.05) is 18.2 Å². The Morgan fingerprint density at radius 1 is 0.964 bits per heavy atom. The van der Waals surface area contributed by atoms with Gasteiger partial charge >= 0.3 is 0 Å². The molecule has 3 rings (SSSR count). The van der Waals surface area contributed by atoms with Gasteiger partial charge in [0.15, 0.2) is 11.3 Å². The molecule has 1 amide bonds. The Hall–Kier alpha value is -4.54. The molecule has 0 unspecified atom stereocenters. The smallest absolute Gasteiger partial charge is 0.291 e. The summed E-state index contributed by atoms with van der Waals surface area (Å²) < 4.78 is 5.56. The predicted octanol–water partition coefficient (Wildman–Crippen LogP) is 4.23. The van der Waals surface area contributed by atoms with Gasteiger partial charge in [0.2, 0.25) is 0 Å². The Morgan fingerprint density at radius 3 is 2.36 bits per heavy atom. The number of carbonyl (C=O) groups is 1. The van der Waals surface area contributed by atoms with Crippen LogP contribution in [0.5, 0.6) is 0 Å². The topological polar surface area (TPSA) is 126 Å². The van der Waals surface area contributed by atoms with E-state index in [4.69, 9.17) is 20.2 Å². The summed E-state index contributed by atoms with van der Waals surface area (Å²) in [6.45, 7) is 1.78. The minimum absolute atomic E-state index is 0.136. The first-order chi connectivity index (χ1) is 13.5. The Bertz CT molecular complexity index is 1180. The van der Waals surface area contributed by atoms with E-state index in [2.05, 4.69) is 10.6 Å². The molecule has 0 aliphatic heterocycles. The van der Waals surface area contributed by atoms with Crippen LogP contribution in [0.4, 0.5) is 11.4 Å². The summed E-state index contributed by atoms with van der Waals surface area (Å²) in [5.74, 6) is -0.181. The zero-order valence-electron chi connectivity index (χ0n) is 14.8. The number of nitrogens with zero attached hydrogens (tertiary/aromatic N) is 3. The van der Waals surface area contributed by atoms with Gasteiger partial charge in [-0.2, -0.15) is 15.8 Å². The highest BCUT2D eigenvalue weighted by Crippen LogP contribution is 2.24. The van der Waals surface area contributed by atoms with Crippen LogP contribution in [0.2, 0.25) is 0 Å². The third kappa shape index (κ3) is 3.67. The van der Waals surface area contributed by atoms with E-state index in [9.17, 15) is 4.79 Å². The molecule has 28 heavy (non-hydrogen) atoms. The molecule has 1 aromatic heterocycles. The molecule has 7 nitrogen and oxygen atoms in total. The first-order valence-electron chi connectivity index (χ1n) is 8.18. The first kappa shape index (κ1) is 18.3. The van der Waals surface area contributed by atoms with Crippen molar-refractivity contribution in [2.75, 3.05) is 10.6 Å². The number of fused-ring (bicyclic) bond motifs is 1. The third-order valence-electron chi connectivity index (χ3n) is 3.98. The number of nitrogens with one attached hydrogen (secondary N) is 2. The van der Waals surface area contributed by atoms with Crippen LogP contribution in [0.3, 0.4) is 0 Å². The van der Waals surface area contributed by atoms with Crippen LogP contribution in [0.15, 0.2) is 64.2 Å². The third-order valence-corrected chi connectivity index (χ3v) is 3.98. The number of benzene rings is 2. The number of rotatable bonds is 4. The normalized spacial score (nSPS) is 9.64. The van der Waals surface area contributed by atoms with E-state index >= 15 is 0 Å². The number of anilines is 2. The van der Waals surface area contributed by atoms with Crippen molar-refractivity contribution in [1.29, 1.82) is 15.8 Å². The van der Waals surface area contributed by atoms with Gasteiger partial charge in [-0.15, -0.1) is 0 Å². The Balaban J connectivity index is 1.80. The number of amides is 1. The van der Waals surface area contributed by atoms with Crippen molar-refractivity contribution < 1.29 is 9.21 Å². The van der Waals surface area contributed by atoms with Crippen LogP contribution >= 0.6 is 0 Å². The van der Waals surface area contributed by atoms with Crippen LogP contribution in [0, 0.1) is 40.9 Å². The van der Waals surface area contributed by atoms with Crippen molar-refractivity contribution in [3.8, 4) is 18.2 Å². The van der Waals surface area contributed by atoms with Gasteiger partial charge in [-0.3, -0.25) is 4.79 Å². The molecule has 0 fully saturated rings. The molecule has 0 spiro atoms. The second-order valence-corrected chi connectivity index (χ2v) is 5.84. The monoisotopic (exact) mass is 367 g/mol. The first-order valence-corrected chi connectivity index (χ1v) is 8.18. The highest BCUT2D eigenvalue weighted by molar-refractivity contribution is 6.05. The van der Waals surface area contributed by atoms with E-state index in [1.807, 2.05) is 18.2 Å². The van der Waals surface area contributed by atoms with Crippen molar-refractivity contribution >= 4 is 28.3 Å². The number of aryl methyl sites for hydroxylation is 1. The number of hydrogen-bond acceptors (Lipinski definition) is 6. The number of nitriles is 3. The molecule has 134 valence electrons. The molecular weight excluding hydrogens is 354 g/mol. The van der Waals surface area contributed by atoms with E-state index in [-0.39, 0.29) is 22.9 Å². The summed E-state index contributed by atoms with van der Waals surface area (Å²) in [6, 6.07) is 19.1. The molecule has 1 heterocycles. The van der Waals surface area contributed by atoms with Crippen LogP contribution in [0.1, 0.15) is 16.1 Å². The number of furan rings is 1. The Morgan fingerprint density at radius 2 is 1.71 bits per heavy atom. The molecular formula is C21H13N5O2. The van der Waals surface area contributed by atoms with Crippen LogP contribution in [0.25, 0.3) is 11.0 Å². The number of allylic oxidation sites excluding steroid dienone is 2. The fraction of sp³-hybridized carbons (Fsp3) is 0.0476. The minimum Gasteiger partial charge on any atom is -0.451 e. The summed E-state index contributed by atoms with van der Waals surface area (Å²) in [6.07, 6.45) is 0. The summed E-state index contributed by atoms with van der Waals surface area (Å²) in [5, 5.41) is 33.2. The highest BCUT2D eigenvalue weighted by atomic mass is 16.3. The van der Waals surface area contributed by atoms with Gasteiger partial charge in [0.25, 0.3) is 5.91 Å². The molecule has 0 aliphatic rings. The van der Waals surface area contributed by atoms with Crippen molar-refractivity contribution in [1.82, 2.24) is 0 Å². The summed E-state index contributed by atoms with van der Waals surface area (Å²) in [7, 11) is 0. The minimum atomic E-state index is -0.381. The molecule has 0 saturated heterocycles. The Labute approximate surface area is 160 Å². The van der Waals surface area contributed by atoms with Gasteiger partial charge < -0.3 is 15.1 Å². The van der Waals surface area contributed by atoms with Crippen LogP contribution < -0.4 is 10.6 Å². The zero-order chi connectivity index (χ0) is 20.1. The summed E-state index contributed by atoms with van der Waals surface area (Å²) in [4.78, 5) is 12.5. The molecule has 2 aromatic carbocycles.